The zero-order valence-electron chi connectivity index (χ0n) is 12.4. The number of ether oxygens (including phenoxy) is 1. The van der Waals surface area contributed by atoms with Gasteiger partial charge in [-0.2, -0.15) is 11.8 Å². The summed E-state index contributed by atoms with van der Waals surface area (Å²) in [6, 6.07) is 6.04. The molecule has 0 aliphatic carbocycles. The van der Waals surface area contributed by atoms with E-state index >= 15 is 0 Å². The van der Waals surface area contributed by atoms with Gasteiger partial charge in [-0.25, -0.2) is 4.98 Å². The summed E-state index contributed by atoms with van der Waals surface area (Å²) in [5.74, 6) is 2.47. The zero-order chi connectivity index (χ0) is 14.8. The molecule has 3 nitrogen and oxygen atoms in total. The Balaban J connectivity index is 2.51. The van der Waals surface area contributed by atoms with E-state index in [-0.39, 0.29) is 4.75 Å². The topological polar surface area (TPSA) is 27.1 Å². The van der Waals surface area contributed by atoms with Gasteiger partial charge in [0, 0.05) is 29.7 Å². The van der Waals surface area contributed by atoms with Crippen LogP contribution in [0.4, 0.5) is 0 Å². The molecule has 0 aliphatic heterocycles. The Morgan fingerprint density at radius 2 is 2.15 bits per heavy atom. The molecular weight excluding hydrogens is 292 g/mol. The van der Waals surface area contributed by atoms with Crippen molar-refractivity contribution in [3.8, 4) is 5.75 Å². The van der Waals surface area contributed by atoms with Crippen LogP contribution in [0.2, 0.25) is 0 Å². The Morgan fingerprint density at radius 1 is 1.40 bits per heavy atom. The van der Waals surface area contributed by atoms with Crippen molar-refractivity contribution in [3.05, 3.63) is 24.0 Å². The number of nitrogens with zero attached hydrogens (tertiary/aromatic N) is 2. The Labute approximate surface area is 129 Å². The Morgan fingerprint density at radius 3 is 2.75 bits per heavy atom. The van der Waals surface area contributed by atoms with Crippen LogP contribution in [-0.2, 0) is 13.0 Å². The molecule has 0 atom stereocenters. The molecule has 0 bridgehead atoms. The predicted molar refractivity (Wildman–Crippen MR) is 88.3 cm³/mol. The molecule has 0 spiro atoms. The minimum absolute atomic E-state index is 0.161. The van der Waals surface area contributed by atoms with Crippen LogP contribution in [-0.4, -0.2) is 33.5 Å². The molecule has 1 aromatic heterocycles. The molecule has 2 rings (SSSR count). The first kappa shape index (κ1) is 15.5. The number of rotatable bonds is 6. The highest BCUT2D eigenvalue weighted by Gasteiger charge is 2.21. The number of halogens is 1. The van der Waals surface area contributed by atoms with Crippen LogP contribution in [0.25, 0.3) is 11.0 Å². The van der Waals surface area contributed by atoms with Crippen molar-refractivity contribution >= 4 is 34.4 Å². The molecule has 1 heterocycles. The Hall–Kier alpha value is -0.870. The van der Waals surface area contributed by atoms with Gasteiger partial charge in [0.05, 0.1) is 18.1 Å². The van der Waals surface area contributed by atoms with Gasteiger partial charge in [0.15, 0.2) is 0 Å². The minimum atomic E-state index is 0.161. The van der Waals surface area contributed by atoms with E-state index < -0.39 is 0 Å². The average Bonchev–Trinajstić information content (AvgIpc) is 2.76. The van der Waals surface area contributed by atoms with Crippen LogP contribution in [0, 0.1) is 0 Å². The second-order valence-electron chi connectivity index (χ2n) is 5.37. The summed E-state index contributed by atoms with van der Waals surface area (Å²) >= 11 is 7.78. The van der Waals surface area contributed by atoms with Gasteiger partial charge in [-0.3, -0.25) is 0 Å². The van der Waals surface area contributed by atoms with E-state index in [1.807, 2.05) is 23.9 Å². The molecule has 0 saturated carbocycles. The summed E-state index contributed by atoms with van der Waals surface area (Å²) in [7, 11) is 1.68. The fourth-order valence-corrected chi connectivity index (χ4v) is 2.61. The van der Waals surface area contributed by atoms with Gasteiger partial charge < -0.3 is 9.30 Å². The maximum Gasteiger partial charge on any atom is 0.121 e. The zero-order valence-corrected chi connectivity index (χ0v) is 14.0. The first-order valence-electron chi connectivity index (χ1n) is 6.65. The lowest BCUT2D eigenvalue weighted by Crippen LogP contribution is -2.23. The molecule has 2 aromatic rings. The summed E-state index contributed by atoms with van der Waals surface area (Å²) in [5.41, 5.74) is 2.12. The minimum Gasteiger partial charge on any atom is -0.497 e. The van der Waals surface area contributed by atoms with Crippen molar-refractivity contribution < 1.29 is 4.74 Å². The molecule has 0 N–H and O–H groups in total. The quantitative estimate of drug-likeness (QED) is 0.755. The van der Waals surface area contributed by atoms with Crippen LogP contribution in [0.1, 0.15) is 19.7 Å². The fourth-order valence-electron chi connectivity index (χ4n) is 2.18. The molecule has 0 aliphatic rings. The van der Waals surface area contributed by atoms with Crippen LogP contribution < -0.4 is 4.74 Å². The van der Waals surface area contributed by atoms with Crippen LogP contribution in [0.15, 0.2) is 18.2 Å². The first-order valence-corrected chi connectivity index (χ1v) is 8.41. The van der Waals surface area contributed by atoms with E-state index in [4.69, 9.17) is 21.3 Å². The van der Waals surface area contributed by atoms with E-state index in [1.165, 1.54) is 0 Å². The number of hydrogen-bond donors (Lipinski definition) is 0. The highest BCUT2D eigenvalue weighted by atomic mass is 35.5. The predicted octanol–water partition coefficient (Wildman–Crippen LogP) is 3.97. The van der Waals surface area contributed by atoms with Gasteiger partial charge in [-0.1, -0.05) is 0 Å². The number of thioether (sulfide) groups is 1. The number of imidazole rings is 1. The molecule has 5 heteroatoms. The lowest BCUT2D eigenvalue weighted by atomic mass is 10.2. The van der Waals surface area contributed by atoms with Gasteiger partial charge in [0.1, 0.15) is 11.6 Å². The normalized spacial score (nSPS) is 12.1. The van der Waals surface area contributed by atoms with Crippen LogP contribution in [0.5, 0.6) is 5.75 Å². The molecule has 0 fully saturated rings. The Bertz CT molecular complexity index is 595. The summed E-state index contributed by atoms with van der Waals surface area (Å²) < 4.78 is 7.72. The lowest BCUT2D eigenvalue weighted by Gasteiger charge is -2.24. The van der Waals surface area contributed by atoms with Gasteiger partial charge >= 0.3 is 0 Å². The SMILES string of the molecule is COc1ccc2c(c1)nc(CCCl)n2CC(C)(C)SC. The lowest BCUT2D eigenvalue weighted by molar-refractivity contribution is 0.415. The van der Waals surface area contributed by atoms with Crippen molar-refractivity contribution in [2.75, 3.05) is 19.2 Å². The number of aryl methyl sites for hydroxylation is 1. The Kier molecular flexibility index (Phi) is 4.86. The number of methoxy groups -OCH3 is 1. The smallest absolute Gasteiger partial charge is 0.121 e. The second-order valence-corrected chi connectivity index (χ2v) is 7.26. The van der Waals surface area contributed by atoms with Crippen molar-refractivity contribution in [1.29, 1.82) is 0 Å². The largest absolute Gasteiger partial charge is 0.497 e. The molecule has 0 saturated heterocycles. The van der Waals surface area contributed by atoms with E-state index in [0.29, 0.717) is 5.88 Å². The third kappa shape index (κ3) is 3.23. The third-order valence-electron chi connectivity index (χ3n) is 3.44. The van der Waals surface area contributed by atoms with Gasteiger partial charge in [0.25, 0.3) is 0 Å². The van der Waals surface area contributed by atoms with Crippen LogP contribution >= 0.6 is 23.4 Å². The van der Waals surface area contributed by atoms with E-state index in [1.54, 1.807) is 7.11 Å². The summed E-state index contributed by atoms with van der Waals surface area (Å²) in [6.07, 6.45) is 2.92. The number of fused-ring (bicyclic) bond motifs is 1. The molecule has 1 aromatic carbocycles. The highest BCUT2D eigenvalue weighted by molar-refractivity contribution is 7.99. The standard InChI is InChI=1S/C15H21ClN2OS/c1-15(2,20-4)10-18-13-6-5-11(19-3)9-12(13)17-14(18)7-8-16/h5-6,9H,7-8,10H2,1-4H3. The second kappa shape index (κ2) is 6.27. The summed E-state index contributed by atoms with van der Waals surface area (Å²) in [6.45, 7) is 5.41. The molecule has 0 amide bonds. The maximum absolute atomic E-state index is 5.92. The number of alkyl halides is 1. The molecule has 20 heavy (non-hydrogen) atoms. The van der Waals surface area contributed by atoms with Crippen molar-refractivity contribution in [2.24, 2.45) is 0 Å². The number of aromatic nitrogens is 2. The fraction of sp³-hybridized carbons (Fsp3) is 0.533. The highest BCUT2D eigenvalue weighted by Crippen LogP contribution is 2.28. The van der Waals surface area contributed by atoms with E-state index in [2.05, 4.69) is 30.7 Å². The summed E-state index contributed by atoms with van der Waals surface area (Å²) in [4.78, 5) is 4.72. The number of hydrogen-bond acceptors (Lipinski definition) is 3. The van der Waals surface area contributed by atoms with Gasteiger partial charge in [-0.05, 0) is 32.2 Å². The molecule has 0 unspecified atom stereocenters. The van der Waals surface area contributed by atoms with E-state index in [0.717, 1.165) is 35.6 Å². The van der Waals surface area contributed by atoms with Gasteiger partial charge in [-0.15, -0.1) is 11.6 Å². The number of benzene rings is 1. The molecule has 0 radical (unpaired) electrons. The van der Waals surface area contributed by atoms with Crippen molar-refractivity contribution in [3.63, 3.8) is 0 Å². The maximum atomic E-state index is 5.92. The van der Waals surface area contributed by atoms with E-state index in [9.17, 15) is 0 Å². The molecular formula is C15H21ClN2OS. The monoisotopic (exact) mass is 312 g/mol. The summed E-state index contributed by atoms with van der Waals surface area (Å²) in [5, 5.41) is 0. The van der Waals surface area contributed by atoms with Crippen molar-refractivity contribution in [1.82, 2.24) is 9.55 Å². The van der Waals surface area contributed by atoms with Crippen molar-refractivity contribution in [2.45, 2.75) is 31.6 Å². The average molecular weight is 313 g/mol. The first-order chi connectivity index (χ1) is 9.50. The third-order valence-corrected chi connectivity index (χ3v) is 4.87. The molecule has 110 valence electrons. The van der Waals surface area contributed by atoms with Crippen LogP contribution in [0.3, 0.4) is 0 Å². The van der Waals surface area contributed by atoms with Gasteiger partial charge in [0.2, 0.25) is 0 Å².